The third-order valence-electron chi connectivity index (χ3n) is 5.72. The first-order valence-corrected chi connectivity index (χ1v) is 11.5. The lowest BCUT2D eigenvalue weighted by Gasteiger charge is -2.38. The quantitative estimate of drug-likeness (QED) is 0.418. The van der Waals surface area contributed by atoms with Gasteiger partial charge in [0.05, 0.1) is 31.1 Å². The highest BCUT2D eigenvalue weighted by atomic mass is 19.4. The van der Waals surface area contributed by atoms with Gasteiger partial charge in [-0.25, -0.2) is 13.6 Å². The predicted molar refractivity (Wildman–Crippen MR) is 128 cm³/mol. The van der Waals surface area contributed by atoms with Gasteiger partial charge in [0.1, 0.15) is 5.75 Å². The number of hydrogen-bond acceptors (Lipinski definition) is 5. The maximum atomic E-state index is 14.8. The molecule has 4 rings (SSSR count). The van der Waals surface area contributed by atoms with Crippen LogP contribution in [-0.4, -0.2) is 37.2 Å². The topological polar surface area (TPSA) is 85.9 Å². The molecule has 1 saturated heterocycles. The number of anilines is 2. The van der Waals surface area contributed by atoms with E-state index < -0.39 is 46.4 Å². The molecule has 1 aliphatic heterocycles. The number of amides is 2. The first kappa shape index (κ1) is 27.1. The highest BCUT2D eigenvalue weighted by Gasteiger charge is 2.40. The molecular weight excluding hydrogens is 515 g/mol. The number of carbonyl (C=O) groups is 2. The second-order valence-electron chi connectivity index (χ2n) is 8.85. The Labute approximate surface area is 214 Å². The van der Waals surface area contributed by atoms with Crippen molar-refractivity contribution < 1.29 is 45.8 Å². The number of allylic oxidation sites excluding steroid dienone is 4. The lowest BCUT2D eigenvalue weighted by atomic mass is 9.97. The van der Waals surface area contributed by atoms with Crippen LogP contribution in [0.2, 0.25) is 0 Å². The van der Waals surface area contributed by atoms with E-state index in [0.717, 1.165) is 12.1 Å². The number of ether oxygens (including phenoxy) is 3. The van der Waals surface area contributed by atoms with Gasteiger partial charge in [0.2, 0.25) is 5.78 Å². The van der Waals surface area contributed by atoms with Crippen LogP contribution in [0.15, 0.2) is 48.2 Å². The Bertz CT molecular complexity index is 1330. The molecule has 1 aliphatic carbocycles. The molecule has 202 valence electrons. The molecule has 1 fully saturated rings. The summed E-state index contributed by atoms with van der Waals surface area (Å²) in [6.07, 6.45) is -2.12. The second-order valence-corrected chi connectivity index (χ2v) is 8.85. The van der Waals surface area contributed by atoms with Crippen LogP contribution in [-0.2, 0) is 20.4 Å². The zero-order valence-electron chi connectivity index (χ0n) is 20.3. The van der Waals surface area contributed by atoms with E-state index in [2.05, 4.69) is 10.6 Å². The number of rotatable bonds is 7. The molecule has 0 bridgehead atoms. The van der Waals surface area contributed by atoms with E-state index in [9.17, 15) is 31.5 Å². The van der Waals surface area contributed by atoms with E-state index in [1.807, 2.05) is 0 Å². The van der Waals surface area contributed by atoms with E-state index in [4.69, 9.17) is 14.2 Å². The van der Waals surface area contributed by atoms with Crippen LogP contribution < -0.4 is 15.4 Å². The largest absolute Gasteiger partial charge is 0.490 e. The van der Waals surface area contributed by atoms with Crippen LogP contribution in [0.25, 0.3) is 5.57 Å². The number of ketones is 1. The van der Waals surface area contributed by atoms with Crippen molar-refractivity contribution in [3.05, 3.63) is 71.0 Å². The van der Waals surface area contributed by atoms with Gasteiger partial charge in [-0.2, -0.15) is 13.2 Å². The predicted octanol–water partition coefficient (Wildman–Crippen LogP) is 6.07. The van der Waals surface area contributed by atoms with Gasteiger partial charge >= 0.3 is 12.2 Å². The summed E-state index contributed by atoms with van der Waals surface area (Å²) < 4.78 is 86.2. The second kappa shape index (κ2) is 10.4. The van der Waals surface area contributed by atoms with Crippen molar-refractivity contribution in [2.24, 2.45) is 0 Å². The molecule has 0 unspecified atom stereocenters. The summed E-state index contributed by atoms with van der Waals surface area (Å²) in [6, 6.07) is 4.12. The average Bonchev–Trinajstić information content (AvgIpc) is 2.83. The maximum absolute atomic E-state index is 14.8. The molecule has 2 amide bonds. The Morgan fingerprint density at radius 2 is 1.84 bits per heavy atom. The molecule has 0 saturated carbocycles. The van der Waals surface area contributed by atoms with Gasteiger partial charge in [-0.1, -0.05) is 6.08 Å². The van der Waals surface area contributed by atoms with E-state index in [-0.39, 0.29) is 54.6 Å². The molecule has 0 radical (unpaired) electrons. The normalized spacial score (nSPS) is 16.7. The van der Waals surface area contributed by atoms with Crippen molar-refractivity contribution in [3.63, 3.8) is 0 Å². The van der Waals surface area contributed by atoms with Crippen molar-refractivity contribution in [1.82, 2.24) is 0 Å². The molecule has 38 heavy (non-hydrogen) atoms. The molecular formula is C26H23F5N2O5. The Balaban J connectivity index is 1.50. The molecule has 2 aliphatic rings. The molecule has 0 aromatic heterocycles. The van der Waals surface area contributed by atoms with E-state index in [0.29, 0.717) is 6.07 Å². The Kier molecular flexibility index (Phi) is 7.45. The van der Waals surface area contributed by atoms with Crippen LogP contribution in [0.3, 0.4) is 0 Å². The number of urea groups is 1. The van der Waals surface area contributed by atoms with Crippen LogP contribution in [0.4, 0.5) is 38.1 Å². The van der Waals surface area contributed by atoms with Crippen LogP contribution in [0, 0.1) is 11.6 Å². The SMILES string of the molecule is CCOC1=CC(c2ccc(NC(=O)Nc3ccc(OC4(C)COC4)c(C(F)(F)F)c3)c(F)c2F)=CCC1=O. The van der Waals surface area contributed by atoms with Gasteiger partial charge < -0.3 is 24.8 Å². The van der Waals surface area contributed by atoms with Crippen molar-refractivity contribution in [2.45, 2.75) is 32.0 Å². The van der Waals surface area contributed by atoms with E-state index >= 15 is 0 Å². The monoisotopic (exact) mass is 538 g/mol. The van der Waals surface area contributed by atoms with Crippen molar-refractivity contribution in [3.8, 4) is 5.75 Å². The summed E-state index contributed by atoms with van der Waals surface area (Å²) in [5.74, 6) is -3.39. The van der Waals surface area contributed by atoms with Gasteiger partial charge in [0, 0.05) is 17.7 Å². The third-order valence-corrected chi connectivity index (χ3v) is 5.72. The Hall–Kier alpha value is -3.93. The zero-order valence-corrected chi connectivity index (χ0v) is 20.3. The molecule has 0 spiro atoms. The number of carbonyl (C=O) groups excluding carboxylic acids is 2. The fourth-order valence-electron chi connectivity index (χ4n) is 3.84. The number of nitrogens with one attached hydrogen (secondary N) is 2. The summed E-state index contributed by atoms with van der Waals surface area (Å²) in [7, 11) is 0. The smallest absolute Gasteiger partial charge is 0.420 e. The number of alkyl halides is 3. The minimum atomic E-state index is -4.79. The van der Waals surface area contributed by atoms with Crippen LogP contribution >= 0.6 is 0 Å². The summed E-state index contributed by atoms with van der Waals surface area (Å²) in [6.45, 7) is 3.76. The first-order valence-electron chi connectivity index (χ1n) is 11.5. The van der Waals surface area contributed by atoms with Crippen LogP contribution in [0.5, 0.6) is 5.75 Å². The lowest BCUT2D eigenvalue weighted by molar-refractivity contribution is -0.160. The Morgan fingerprint density at radius 1 is 1.11 bits per heavy atom. The number of hydrogen-bond donors (Lipinski definition) is 2. The zero-order chi connectivity index (χ0) is 27.7. The summed E-state index contributed by atoms with van der Waals surface area (Å²) >= 11 is 0. The minimum Gasteiger partial charge on any atom is -0.490 e. The molecule has 7 nitrogen and oxygen atoms in total. The summed E-state index contributed by atoms with van der Waals surface area (Å²) in [5.41, 5.74) is -2.74. The van der Waals surface area contributed by atoms with Crippen molar-refractivity contribution in [1.29, 1.82) is 0 Å². The van der Waals surface area contributed by atoms with Gasteiger partial charge in [-0.3, -0.25) is 4.79 Å². The van der Waals surface area contributed by atoms with Crippen molar-refractivity contribution in [2.75, 3.05) is 30.5 Å². The highest BCUT2D eigenvalue weighted by molar-refractivity contribution is 6.02. The molecule has 2 aromatic rings. The number of Topliss-reactive ketones (excluding diaryl/α,β-unsaturated/α-hetero) is 1. The van der Waals surface area contributed by atoms with Crippen LogP contribution in [0.1, 0.15) is 31.4 Å². The molecule has 1 heterocycles. The lowest BCUT2D eigenvalue weighted by Crippen LogP contribution is -2.51. The van der Waals surface area contributed by atoms with Crippen molar-refractivity contribution >= 4 is 28.8 Å². The average molecular weight is 538 g/mol. The summed E-state index contributed by atoms with van der Waals surface area (Å²) in [5, 5.41) is 4.26. The van der Waals surface area contributed by atoms with Gasteiger partial charge in [0.25, 0.3) is 0 Å². The first-order chi connectivity index (χ1) is 17.9. The third kappa shape index (κ3) is 5.80. The molecule has 2 N–H and O–H groups in total. The standard InChI is InChI=1S/C26H23F5N2O5/c1-3-37-21-10-14(4-8-19(21)34)16-6-7-18(23(28)22(16)27)33-24(35)32-15-5-9-20(17(11-15)26(29,30)31)38-25(2)12-36-13-25/h4-7,9-11H,3,8,12-13H2,1-2H3,(H2,32,33,35). The van der Waals surface area contributed by atoms with E-state index in [1.54, 1.807) is 13.8 Å². The van der Waals surface area contributed by atoms with Gasteiger partial charge in [-0.05, 0) is 55.8 Å². The Morgan fingerprint density at radius 3 is 2.47 bits per heavy atom. The van der Waals surface area contributed by atoms with E-state index in [1.165, 1.54) is 24.3 Å². The summed E-state index contributed by atoms with van der Waals surface area (Å²) in [4.78, 5) is 24.3. The minimum absolute atomic E-state index is 0.0242. The fraction of sp³-hybridized carbons (Fsp3) is 0.308. The van der Waals surface area contributed by atoms with Gasteiger partial charge in [-0.15, -0.1) is 0 Å². The number of benzene rings is 2. The molecule has 12 heteroatoms. The number of halogens is 5. The van der Waals surface area contributed by atoms with Gasteiger partial charge in [0.15, 0.2) is 23.0 Å². The highest BCUT2D eigenvalue weighted by Crippen LogP contribution is 2.40. The fourth-order valence-corrected chi connectivity index (χ4v) is 3.84. The molecule has 2 aromatic carbocycles. The molecule has 0 atom stereocenters. The maximum Gasteiger partial charge on any atom is 0.420 e.